The molecule has 0 unspecified atom stereocenters. The quantitative estimate of drug-likeness (QED) is 0.297. The van der Waals surface area contributed by atoms with Crippen molar-refractivity contribution in [2.75, 3.05) is 5.32 Å². The molecular weight excluding hydrogens is 478 g/mol. The monoisotopic (exact) mass is 503 g/mol. The van der Waals surface area contributed by atoms with Crippen LogP contribution in [0.2, 0.25) is 0 Å². The number of nitrogens with one attached hydrogen (secondary N) is 3. The van der Waals surface area contributed by atoms with Crippen LogP contribution in [0.3, 0.4) is 0 Å². The Morgan fingerprint density at radius 3 is 2.84 bits per heavy atom. The molecular formula is C28H25N9O. The zero-order valence-corrected chi connectivity index (χ0v) is 20.8. The minimum absolute atomic E-state index is 0.0691. The number of nitrogens with zero attached hydrogens (tertiary/aromatic N) is 6. The lowest BCUT2D eigenvalue weighted by molar-refractivity contribution is -0.119. The first-order valence-corrected chi connectivity index (χ1v) is 12.7. The maximum absolute atomic E-state index is 12.6. The molecule has 1 aliphatic rings. The molecule has 0 aliphatic heterocycles. The molecule has 0 aromatic carbocycles. The third-order valence-electron chi connectivity index (χ3n) is 7.19. The van der Waals surface area contributed by atoms with Gasteiger partial charge in [0.2, 0.25) is 5.91 Å². The molecule has 7 rings (SSSR count). The molecule has 1 aliphatic carbocycles. The van der Waals surface area contributed by atoms with Gasteiger partial charge in [-0.3, -0.25) is 14.9 Å². The molecule has 38 heavy (non-hydrogen) atoms. The summed E-state index contributed by atoms with van der Waals surface area (Å²) in [5.74, 6) is 0.158. The number of amides is 1. The van der Waals surface area contributed by atoms with E-state index in [1.165, 1.54) is 0 Å². The standard InChI is InChI=1S/C28H25N9O/c1-16-14-37(15-31-16)24-8-9-30-27-20(24)11-23(34-27)26-25-22(35-36-26)7-6-21(33-25)18-10-19(13-29-12-18)32-28(38)17-4-2-3-5-17/h6-15,17H,2-5H2,1H3,(H,30,34)(H,32,38)(H,35,36). The Morgan fingerprint density at radius 2 is 2.00 bits per heavy atom. The summed E-state index contributed by atoms with van der Waals surface area (Å²) in [5.41, 5.74) is 7.98. The van der Waals surface area contributed by atoms with Gasteiger partial charge in [-0.1, -0.05) is 12.8 Å². The van der Waals surface area contributed by atoms with Crippen molar-refractivity contribution in [1.29, 1.82) is 0 Å². The van der Waals surface area contributed by atoms with Gasteiger partial charge in [0.1, 0.15) is 16.9 Å². The van der Waals surface area contributed by atoms with Gasteiger partial charge < -0.3 is 14.9 Å². The highest BCUT2D eigenvalue weighted by Crippen LogP contribution is 2.32. The zero-order valence-electron chi connectivity index (χ0n) is 20.8. The number of aryl methyl sites for hydroxylation is 1. The number of anilines is 1. The second kappa shape index (κ2) is 8.91. The molecule has 0 bridgehead atoms. The van der Waals surface area contributed by atoms with Crippen LogP contribution in [0.5, 0.6) is 0 Å². The van der Waals surface area contributed by atoms with Crippen LogP contribution in [0.15, 0.2) is 61.4 Å². The summed E-state index contributed by atoms with van der Waals surface area (Å²) in [7, 11) is 0. The average molecular weight is 504 g/mol. The van der Waals surface area contributed by atoms with E-state index in [0.717, 1.165) is 76.1 Å². The number of fused-ring (bicyclic) bond motifs is 2. The number of carbonyl (C=O) groups excluding carboxylic acids is 1. The van der Waals surface area contributed by atoms with Crippen LogP contribution >= 0.6 is 0 Å². The highest BCUT2D eigenvalue weighted by Gasteiger charge is 2.23. The maximum atomic E-state index is 12.6. The van der Waals surface area contributed by atoms with Crippen LogP contribution in [0.1, 0.15) is 31.4 Å². The van der Waals surface area contributed by atoms with Crippen molar-refractivity contribution in [3.8, 4) is 28.3 Å². The molecule has 1 saturated carbocycles. The maximum Gasteiger partial charge on any atom is 0.227 e. The summed E-state index contributed by atoms with van der Waals surface area (Å²) in [6.45, 7) is 1.96. The number of H-pyrrole nitrogens is 2. The van der Waals surface area contributed by atoms with E-state index >= 15 is 0 Å². The van der Waals surface area contributed by atoms with Gasteiger partial charge in [-0.05, 0) is 50.1 Å². The van der Waals surface area contributed by atoms with Crippen molar-refractivity contribution in [2.45, 2.75) is 32.6 Å². The highest BCUT2D eigenvalue weighted by atomic mass is 16.1. The largest absolute Gasteiger partial charge is 0.338 e. The molecule has 0 spiro atoms. The van der Waals surface area contributed by atoms with E-state index < -0.39 is 0 Å². The van der Waals surface area contributed by atoms with Crippen molar-refractivity contribution in [3.05, 3.63) is 67.1 Å². The Labute approximate surface area is 217 Å². The molecule has 3 N–H and O–H groups in total. The molecule has 0 atom stereocenters. The third-order valence-corrected chi connectivity index (χ3v) is 7.19. The zero-order chi connectivity index (χ0) is 25.6. The molecule has 6 aromatic heterocycles. The van der Waals surface area contributed by atoms with E-state index in [0.29, 0.717) is 11.4 Å². The number of imidazole rings is 1. The van der Waals surface area contributed by atoms with Crippen LogP contribution in [0.4, 0.5) is 5.69 Å². The van der Waals surface area contributed by atoms with E-state index in [1.54, 1.807) is 24.9 Å². The second-order valence-corrected chi connectivity index (χ2v) is 9.80. The topological polar surface area (TPSA) is 130 Å². The van der Waals surface area contributed by atoms with Gasteiger partial charge in [0.25, 0.3) is 0 Å². The Kier molecular flexibility index (Phi) is 5.24. The number of hydrogen-bond donors (Lipinski definition) is 3. The number of pyridine rings is 3. The first-order chi connectivity index (χ1) is 18.6. The van der Waals surface area contributed by atoms with Crippen molar-refractivity contribution < 1.29 is 4.79 Å². The van der Waals surface area contributed by atoms with E-state index in [1.807, 2.05) is 48.0 Å². The molecule has 6 heterocycles. The average Bonchev–Trinajstić information content (AvgIpc) is 3.74. The van der Waals surface area contributed by atoms with Crippen molar-refractivity contribution >= 4 is 33.7 Å². The Hall–Kier alpha value is -4.86. The summed E-state index contributed by atoms with van der Waals surface area (Å²) < 4.78 is 1.99. The van der Waals surface area contributed by atoms with Crippen LogP contribution in [0, 0.1) is 12.8 Å². The Morgan fingerprint density at radius 1 is 1.11 bits per heavy atom. The smallest absolute Gasteiger partial charge is 0.227 e. The first-order valence-electron chi connectivity index (χ1n) is 12.7. The predicted octanol–water partition coefficient (Wildman–Crippen LogP) is 5.19. The van der Waals surface area contributed by atoms with Crippen LogP contribution in [-0.2, 0) is 4.79 Å². The Bertz CT molecular complexity index is 1810. The normalized spacial score (nSPS) is 14.0. The van der Waals surface area contributed by atoms with Crippen LogP contribution in [-0.4, -0.2) is 45.6 Å². The predicted molar refractivity (Wildman–Crippen MR) is 145 cm³/mol. The summed E-state index contributed by atoms with van der Waals surface area (Å²) in [5, 5.41) is 11.6. The molecule has 188 valence electrons. The molecule has 0 radical (unpaired) electrons. The highest BCUT2D eigenvalue weighted by molar-refractivity contribution is 5.96. The number of aromatic nitrogens is 8. The molecule has 10 nitrogen and oxygen atoms in total. The van der Waals surface area contributed by atoms with E-state index in [2.05, 4.69) is 35.5 Å². The van der Waals surface area contributed by atoms with Gasteiger partial charge in [-0.2, -0.15) is 5.10 Å². The second-order valence-electron chi connectivity index (χ2n) is 9.80. The van der Waals surface area contributed by atoms with Crippen LogP contribution in [0.25, 0.3) is 50.4 Å². The lowest BCUT2D eigenvalue weighted by Gasteiger charge is -2.11. The third kappa shape index (κ3) is 3.90. The minimum Gasteiger partial charge on any atom is -0.338 e. The van der Waals surface area contributed by atoms with Gasteiger partial charge in [0.05, 0.1) is 46.5 Å². The molecule has 1 fully saturated rings. The lowest BCUT2D eigenvalue weighted by atomic mass is 10.1. The molecule has 1 amide bonds. The summed E-state index contributed by atoms with van der Waals surface area (Å²) >= 11 is 0. The fraction of sp³-hybridized carbons (Fsp3) is 0.214. The van der Waals surface area contributed by atoms with Gasteiger partial charge in [0.15, 0.2) is 0 Å². The van der Waals surface area contributed by atoms with Crippen molar-refractivity contribution in [2.24, 2.45) is 5.92 Å². The summed E-state index contributed by atoms with van der Waals surface area (Å²) in [6, 6.07) is 9.80. The molecule has 6 aromatic rings. The van der Waals surface area contributed by atoms with E-state index in [4.69, 9.17) is 4.98 Å². The van der Waals surface area contributed by atoms with E-state index in [-0.39, 0.29) is 11.8 Å². The lowest BCUT2D eigenvalue weighted by Crippen LogP contribution is -2.20. The SMILES string of the molecule is Cc1cn(-c2ccnc3[nH]c(-c4n[nH]c5ccc(-c6cncc(NC(=O)C7CCCC7)c6)nc45)cc23)cn1. The summed E-state index contributed by atoms with van der Waals surface area (Å²) in [6.07, 6.45) is 13.1. The number of aromatic amines is 2. The van der Waals surface area contributed by atoms with Crippen molar-refractivity contribution in [3.63, 3.8) is 0 Å². The number of carbonyl (C=O) groups is 1. The van der Waals surface area contributed by atoms with Crippen LogP contribution < -0.4 is 5.32 Å². The van der Waals surface area contributed by atoms with Crippen molar-refractivity contribution in [1.82, 2.24) is 39.7 Å². The summed E-state index contributed by atoms with van der Waals surface area (Å²) in [4.78, 5) is 34.2. The minimum atomic E-state index is 0.0691. The Balaban J connectivity index is 1.24. The fourth-order valence-electron chi connectivity index (χ4n) is 5.25. The van der Waals surface area contributed by atoms with Gasteiger partial charge in [-0.25, -0.2) is 15.0 Å². The number of rotatable bonds is 5. The molecule has 0 saturated heterocycles. The fourth-order valence-corrected chi connectivity index (χ4v) is 5.25. The number of hydrogen-bond acceptors (Lipinski definition) is 6. The molecule has 10 heteroatoms. The van der Waals surface area contributed by atoms with Gasteiger partial charge in [0, 0.05) is 35.5 Å². The van der Waals surface area contributed by atoms with Gasteiger partial charge in [-0.15, -0.1) is 0 Å². The first kappa shape index (κ1) is 22.3. The van der Waals surface area contributed by atoms with Gasteiger partial charge >= 0.3 is 0 Å². The van der Waals surface area contributed by atoms with E-state index in [9.17, 15) is 4.79 Å².